The van der Waals surface area contributed by atoms with Crippen molar-refractivity contribution in [3.63, 3.8) is 0 Å². The van der Waals surface area contributed by atoms with Crippen molar-refractivity contribution in [1.29, 1.82) is 0 Å². The number of amides is 1. The minimum absolute atomic E-state index is 0. The number of Topliss-reactive ketones (excluding diaryl/α,β-unsaturated/α-hetero) is 1. The molecule has 2 heterocycles. The first kappa shape index (κ1) is 28.9. The van der Waals surface area contributed by atoms with E-state index in [0.29, 0.717) is 36.6 Å². The van der Waals surface area contributed by atoms with Crippen molar-refractivity contribution in [2.45, 2.75) is 44.3 Å². The lowest BCUT2D eigenvalue weighted by molar-refractivity contribution is -0.111. The van der Waals surface area contributed by atoms with Gasteiger partial charge in [-0.1, -0.05) is 6.07 Å². The molecule has 0 aliphatic carbocycles. The number of benzene rings is 2. The number of nitrogens with one attached hydrogen (secondary N) is 1. The first-order valence-corrected chi connectivity index (χ1v) is 12.6. The minimum atomic E-state index is -0.330. The molecule has 2 aromatic rings. The fourth-order valence-corrected chi connectivity index (χ4v) is 5.43. The molecule has 9 heteroatoms. The third-order valence-corrected chi connectivity index (χ3v) is 7.36. The molecular weight excluding hydrogens is 499 g/mol. The van der Waals surface area contributed by atoms with E-state index in [9.17, 15) is 14.0 Å². The summed E-state index contributed by atoms with van der Waals surface area (Å²) >= 11 is 0. The zero-order valence-electron chi connectivity index (χ0n) is 21.4. The van der Waals surface area contributed by atoms with Crippen LogP contribution < -0.4 is 14.8 Å². The van der Waals surface area contributed by atoms with E-state index in [4.69, 9.17) is 14.2 Å². The van der Waals surface area contributed by atoms with Crippen LogP contribution in [-0.2, 0) is 16.0 Å². The highest BCUT2D eigenvalue weighted by Gasteiger charge is 2.36. The van der Waals surface area contributed by atoms with Gasteiger partial charge in [-0.05, 0) is 80.7 Å². The summed E-state index contributed by atoms with van der Waals surface area (Å²) in [7, 11) is 3.29. The Morgan fingerprint density at radius 3 is 2.51 bits per heavy atom. The third-order valence-electron chi connectivity index (χ3n) is 7.36. The lowest BCUT2D eigenvalue weighted by atomic mass is 9.83. The van der Waals surface area contributed by atoms with Crippen molar-refractivity contribution in [3.8, 4) is 11.5 Å². The fraction of sp³-hybridized carbons (Fsp3) is 0.500. The Bertz CT molecular complexity index is 1040. The van der Waals surface area contributed by atoms with E-state index in [0.717, 1.165) is 62.2 Å². The second-order valence-electron chi connectivity index (χ2n) is 9.47. The number of nitrogens with zero attached hydrogens (tertiary/aromatic N) is 1. The van der Waals surface area contributed by atoms with E-state index in [1.54, 1.807) is 26.4 Å². The molecule has 202 valence electrons. The van der Waals surface area contributed by atoms with Gasteiger partial charge in [0.25, 0.3) is 0 Å². The van der Waals surface area contributed by atoms with Crippen LogP contribution in [-0.4, -0.2) is 63.6 Å². The zero-order valence-corrected chi connectivity index (χ0v) is 22.2. The molecule has 37 heavy (non-hydrogen) atoms. The van der Waals surface area contributed by atoms with E-state index in [1.165, 1.54) is 12.1 Å². The van der Waals surface area contributed by atoms with Crippen LogP contribution in [0.25, 0.3) is 0 Å². The van der Waals surface area contributed by atoms with Gasteiger partial charge in [-0.25, -0.2) is 4.39 Å². The summed E-state index contributed by atoms with van der Waals surface area (Å²) in [5, 5.41) is 2.77. The monoisotopic (exact) mass is 534 g/mol. The van der Waals surface area contributed by atoms with Gasteiger partial charge in [-0.3, -0.25) is 9.59 Å². The topological polar surface area (TPSA) is 77.1 Å². The average Bonchev–Trinajstić information content (AvgIpc) is 2.91. The van der Waals surface area contributed by atoms with Crippen LogP contribution in [0.3, 0.4) is 0 Å². The summed E-state index contributed by atoms with van der Waals surface area (Å²) in [6.45, 7) is 3.18. The summed E-state index contributed by atoms with van der Waals surface area (Å²) in [4.78, 5) is 25.7. The number of ketones is 1. The molecule has 0 bridgehead atoms. The standard InChI is InChI=1S/C28H35FN2O5.ClH/c1-34-25-10-9-22-23(28(25)35-2)16-26(36-27(22)17-30-18-32)20-11-14-31(15-12-20)13-3-4-24(33)19-5-7-21(29)8-6-19;/h5-10,18,20,26-27H,3-4,11-17H2,1-2H3,(H,30,32);1H. The highest BCUT2D eigenvalue weighted by Crippen LogP contribution is 2.43. The normalized spacial score (nSPS) is 19.9. The number of methoxy groups -OCH3 is 2. The highest BCUT2D eigenvalue weighted by molar-refractivity contribution is 5.95. The quantitative estimate of drug-likeness (QED) is 0.341. The summed E-state index contributed by atoms with van der Waals surface area (Å²) in [5.41, 5.74) is 2.68. The Balaban J connectivity index is 0.00000380. The minimum Gasteiger partial charge on any atom is -0.493 e. The van der Waals surface area contributed by atoms with Crippen LogP contribution in [0.15, 0.2) is 36.4 Å². The number of carbonyl (C=O) groups excluding carboxylic acids is 2. The molecule has 1 fully saturated rings. The molecule has 2 aliphatic rings. The second-order valence-corrected chi connectivity index (χ2v) is 9.47. The van der Waals surface area contributed by atoms with Gasteiger partial charge in [0, 0.05) is 30.5 Å². The van der Waals surface area contributed by atoms with Gasteiger partial charge < -0.3 is 24.4 Å². The van der Waals surface area contributed by atoms with Crippen molar-refractivity contribution in [3.05, 3.63) is 58.9 Å². The Labute approximate surface area is 224 Å². The summed E-state index contributed by atoms with van der Waals surface area (Å²) in [6.07, 6.45) is 4.49. The molecule has 7 nitrogen and oxygen atoms in total. The molecule has 2 aromatic carbocycles. The molecule has 2 aliphatic heterocycles. The number of ether oxygens (including phenoxy) is 3. The van der Waals surface area contributed by atoms with E-state index >= 15 is 0 Å². The molecular formula is C28H36ClFN2O5. The van der Waals surface area contributed by atoms with Crippen molar-refractivity contribution >= 4 is 24.6 Å². The number of hydrogen-bond acceptors (Lipinski definition) is 6. The van der Waals surface area contributed by atoms with Crippen molar-refractivity contribution in [1.82, 2.24) is 10.2 Å². The molecule has 0 aromatic heterocycles. The van der Waals surface area contributed by atoms with E-state index in [-0.39, 0.29) is 36.2 Å². The Hall–Kier alpha value is -2.68. The summed E-state index contributed by atoms with van der Waals surface area (Å²) in [5.74, 6) is 1.55. The van der Waals surface area contributed by atoms with E-state index < -0.39 is 0 Å². The number of piperidine rings is 1. The number of halogens is 2. The first-order valence-electron chi connectivity index (χ1n) is 12.6. The van der Waals surface area contributed by atoms with Crippen LogP contribution in [0.1, 0.15) is 53.3 Å². The largest absolute Gasteiger partial charge is 0.493 e. The van der Waals surface area contributed by atoms with Crippen LogP contribution in [0, 0.1) is 11.7 Å². The van der Waals surface area contributed by atoms with Crippen molar-refractivity contribution in [2.75, 3.05) is 40.4 Å². The first-order chi connectivity index (χ1) is 17.5. The second kappa shape index (κ2) is 13.7. The molecule has 2 atom stereocenters. The maximum Gasteiger partial charge on any atom is 0.207 e. The van der Waals surface area contributed by atoms with E-state index in [2.05, 4.69) is 10.2 Å². The molecule has 1 amide bonds. The van der Waals surface area contributed by atoms with Crippen LogP contribution in [0.5, 0.6) is 11.5 Å². The lowest BCUT2D eigenvalue weighted by Gasteiger charge is -2.41. The third kappa shape index (κ3) is 7.00. The number of carbonyl (C=O) groups is 2. The SMILES string of the molecule is COc1ccc2c(c1OC)CC(C1CCN(CCCC(=O)c3ccc(F)cc3)CC1)OC2CNC=O.Cl. The summed E-state index contributed by atoms with van der Waals surface area (Å²) in [6, 6.07) is 9.64. The highest BCUT2D eigenvalue weighted by atomic mass is 35.5. The smallest absolute Gasteiger partial charge is 0.207 e. The van der Waals surface area contributed by atoms with Crippen LogP contribution in [0.2, 0.25) is 0 Å². The molecule has 0 radical (unpaired) electrons. The van der Waals surface area contributed by atoms with Crippen molar-refractivity contribution < 1.29 is 28.2 Å². The fourth-order valence-electron chi connectivity index (χ4n) is 5.43. The van der Waals surface area contributed by atoms with Gasteiger partial charge in [-0.15, -0.1) is 12.4 Å². The van der Waals surface area contributed by atoms with Gasteiger partial charge in [0.15, 0.2) is 17.3 Å². The molecule has 1 saturated heterocycles. The molecule has 4 rings (SSSR count). The van der Waals surface area contributed by atoms with Gasteiger partial charge in [0.1, 0.15) is 11.9 Å². The predicted octanol–water partition coefficient (Wildman–Crippen LogP) is 4.37. The average molecular weight is 535 g/mol. The van der Waals surface area contributed by atoms with Gasteiger partial charge in [0.2, 0.25) is 6.41 Å². The van der Waals surface area contributed by atoms with E-state index in [1.807, 2.05) is 12.1 Å². The maximum absolute atomic E-state index is 13.1. The number of likely N-dealkylation sites (tertiary alicyclic amines) is 1. The Morgan fingerprint density at radius 2 is 1.86 bits per heavy atom. The summed E-state index contributed by atoms with van der Waals surface area (Å²) < 4.78 is 30.8. The Morgan fingerprint density at radius 1 is 1.14 bits per heavy atom. The van der Waals surface area contributed by atoms with Gasteiger partial charge >= 0.3 is 0 Å². The van der Waals surface area contributed by atoms with Crippen LogP contribution >= 0.6 is 12.4 Å². The Kier molecular flexibility index (Phi) is 10.7. The zero-order chi connectivity index (χ0) is 25.5. The van der Waals surface area contributed by atoms with Crippen molar-refractivity contribution in [2.24, 2.45) is 5.92 Å². The number of fused-ring (bicyclic) bond motifs is 1. The number of hydrogen-bond donors (Lipinski definition) is 1. The maximum atomic E-state index is 13.1. The molecule has 2 unspecified atom stereocenters. The van der Waals surface area contributed by atoms with Gasteiger partial charge in [0.05, 0.1) is 20.3 Å². The molecule has 0 spiro atoms. The van der Waals surface area contributed by atoms with Gasteiger partial charge in [-0.2, -0.15) is 0 Å². The molecule has 1 N–H and O–H groups in total. The predicted molar refractivity (Wildman–Crippen MR) is 141 cm³/mol. The van der Waals surface area contributed by atoms with Crippen LogP contribution in [0.4, 0.5) is 4.39 Å². The lowest BCUT2D eigenvalue weighted by Crippen LogP contribution is -2.42. The molecule has 0 saturated carbocycles. The number of rotatable bonds is 11.